The predicted molar refractivity (Wildman–Crippen MR) is 219 cm³/mol. The summed E-state index contributed by atoms with van der Waals surface area (Å²) in [6.07, 6.45) is 0. The van der Waals surface area contributed by atoms with Crippen LogP contribution < -0.4 is 0 Å². The van der Waals surface area contributed by atoms with Crippen molar-refractivity contribution in [2.24, 2.45) is 0 Å². The second-order valence-corrected chi connectivity index (χ2v) is 91.8. The van der Waals surface area contributed by atoms with Gasteiger partial charge in [-0.3, -0.25) is 0 Å². The molecular formula is C28H76Bi2Si8Te. The largest absolute Gasteiger partial charge is 0 e. The first-order valence-electron chi connectivity index (χ1n) is 15.3. The third kappa shape index (κ3) is 18.9. The van der Waals surface area contributed by atoms with Gasteiger partial charge in [-0.05, 0) is 0 Å². The summed E-state index contributed by atoms with van der Waals surface area (Å²) < 4.78 is 5.07. The van der Waals surface area contributed by atoms with Crippen LogP contribution in [0.4, 0.5) is 0 Å². The molecule has 0 aromatic heterocycles. The predicted octanol–water partition coefficient (Wildman–Crippen LogP) is 11.2. The SMILES string of the molecule is C[Si](C)(C)[CH]([Bi][CH]([Si](C)(C)C)[Si](C)(C)C)[Si](C)(C)C.C[Si](C)(C)[CH]([Bi][CH]([Si](C)(C)C)[Si](C)(C)C)[Si](C)(C)C.[Te]. The van der Waals surface area contributed by atoms with Crippen LogP contribution in [0.3, 0.4) is 0 Å². The van der Waals surface area contributed by atoms with Gasteiger partial charge in [-0.15, -0.1) is 0 Å². The molecule has 0 N–H and O–H groups in total. The molecule has 0 aliphatic heterocycles. The first kappa shape index (κ1) is 47.7. The molecule has 0 heterocycles. The van der Waals surface area contributed by atoms with Gasteiger partial charge in [-0.25, -0.2) is 0 Å². The summed E-state index contributed by atoms with van der Waals surface area (Å²) in [4.78, 5) is 0. The van der Waals surface area contributed by atoms with E-state index in [4.69, 9.17) is 0 Å². The van der Waals surface area contributed by atoms with Crippen LogP contribution in [0.25, 0.3) is 0 Å². The summed E-state index contributed by atoms with van der Waals surface area (Å²) in [5.74, 6) is 0. The second kappa shape index (κ2) is 16.4. The molecule has 0 rings (SSSR count). The molecule has 0 nitrogen and oxygen atoms in total. The standard InChI is InChI=1S/4C7H19Si2.2Bi.Te/c4*1-8(2,3)7-9(4,5)6;;;/h4*7H,1-6H3;;;. The van der Waals surface area contributed by atoms with Gasteiger partial charge in [-0.2, -0.15) is 0 Å². The maximum absolute atomic E-state index is 2.66. The third-order valence-electron chi connectivity index (χ3n) is 7.16. The average molecular weight is 1180 g/mol. The Morgan fingerprint density at radius 1 is 0.231 bits per heavy atom. The van der Waals surface area contributed by atoms with Gasteiger partial charge >= 0.3 is 280 Å². The van der Waals surface area contributed by atoms with Gasteiger partial charge in [0.15, 0.2) is 0 Å². The Morgan fingerprint density at radius 2 is 0.308 bits per heavy atom. The molecule has 4 radical (unpaired) electrons. The minimum absolute atomic E-state index is 0. The molecule has 0 unspecified atom stereocenters. The Balaban J connectivity index is -0.000000648. The van der Waals surface area contributed by atoms with Crippen LogP contribution in [0.15, 0.2) is 0 Å². The molecule has 0 saturated heterocycles. The van der Waals surface area contributed by atoms with E-state index in [0.717, 1.165) is 0 Å². The van der Waals surface area contributed by atoms with E-state index >= 15 is 0 Å². The van der Waals surface area contributed by atoms with Gasteiger partial charge in [0, 0.05) is 23.7 Å². The molecule has 236 valence electrons. The summed E-state index contributed by atoms with van der Waals surface area (Å²) in [6, 6.07) is 0. The molecule has 0 aromatic rings. The van der Waals surface area contributed by atoms with E-state index in [1.807, 2.05) is 0 Å². The van der Waals surface area contributed by atoms with Crippen molar-refractivity contribution in [3.63, 3.8) is 0 Å². The van der Waals surface area contributed by atoms with Gasteiger partial charge in [-0.1, -0.05) is 0 Å². The topological polar surface area (TPSA) is 0 Å². The Bertz CT molecular complexity index is 530. The van der Waals surface area contributed by atoms with Crippen molar-refractivity contribution >= 4 is 135 Å². The maximum Gasteiger partial charge on any atom is 0 e. The van der Waals surface area contributed by atoms with E-state index in [-0.39, 0.29) is 70.1 Å². The Morgan fingerprint density at radius 3 is 0.359 bits per heavy atom. The minimum atomic E-state index is -0.956. The van der Waals surface area contributed by atoms with Crippen molar-refractivity contribution in [3.05, 3.63) is 0 Å². The summed E-state index contributed by atoms with van der Waals surface area (Å²) in [5.41, 5.74) is 0. The monoisotopic (exact) mass is 1180 g/mol. The molecule has 0 atom stereocenters. The third-order valence-corrected chi connectivity index (χ3v) is 128. The molecule has 0 aliphatic rings. The molecule has 0 saturated carbocycles. The van der Waals surface area contributed by atoms with Crippen LogP contribution in [0.5, 0.6) is 0 Å². The van der Waals surface area contributed by atoms with Crippen molar-refractivity contribution in [2.45, 2.75) is 169 Å². The van der Waals surface area contributed by atoms with Crippen LogP contribution in [0.2, 0.25) is 169 Å². The summed E-state index contributed by atoms with van der Waals surface area (Å²) in [5, 5.41) is 0. The maximum atomic E-state index is 2.66. The fourth-order valence-corrected chi connectivity index (χ4v) is 117. The van der Waals surface area contributed by atoms with Crippen LogP contribution >= 0.6 is 0 Å². The van der Waals surface area contributed by atoms with Crippen molar-refractivity contribution in [1.29, 1.82) is 0 Å². The average Bonchev–Trinajstić information content (AvgIpc) is 2.44. The number of hydrogen-bond donors (Lipinski definition) is 0. The summed E-state index contributed by atoms with van der Waals surface area (Å²) >= 11 is -0.759. The zero-order chi connectivity index (χ0) is 31.7. The van der Waals surface area contributed by atoms with Crippen LogP contribution in [0.1, 0.15) is 0 Å². The van der Waals surface area contributed by atoms with Gasteiger partial charge in [0.05, 0.1) is 0 Å². The molecule has 0 aliphatic carbocycles. The zero-order valence-electron chi connectivity index (χ0n) is 31.6. The van der Waals surface area contributed by atoms with Crippen LogP contribution in [0, 0.1) is 0 Å². The molecule has 0 spiro atoms. The van der Waals surface area contributed by atoms with Gasteiger partial charge in [0.1, 0.15) is 0 Å². The number of hydrogen-bond acceptors (Lipinski definition) is 0. The van der Waals surface area contributed by atoms with E-state index in [1.54, 1.807) is 0 Å². The minimum Gasteiger partial charge on any atom is 0 e. The molecule has 0 fully saturated rings. The zero-order valence-corrected chi connectivity index (χ0v) is 48.9. The van der Waals surface area contributed by atoms with Crippen molar-refractivity contribution < 1.29 is 0 Å². The fraction of sp³-hybridized carbons (Fsp3) is 1.00. The first-order chi connectivity index (χ1) is 15.9. The van der Waals surface area contributed by atoms with Crippen molar-refractivity contribution in [2.75, 3.05) is 0 Å². The normalized spacial score (nSPS) is 15.1. The Labute approximate surface area is 299 Å². The van der Waals surface area contributed by atoms with Crippen LogP contribution in [-0.2, 0) is 0 Å². The Hall–Kier alpha value is 4.29. The van der Waals surface area contributed by atoms with E-state index in [2.05, 4.69) is 157 Å². The number of rotatable bonds is 12. The first-order valence-corrected chi connectivity index (χ1v) is 52.0. The molecular weight excluding hydrogens is 1110 g/mol. The van der Waals surface area contributed by atoms with E-state index in [1.165, 1.54) is 11.5 Å². The molecule has 0 aromatic carbocycles. The quantitative estimate of drug-likeness (QED) is 0.171. The van der Waals surface area contributed by atoms with E-state index in [0.29, 0.717) is 0 Å². The van der Waals surface area contributed by atoms with Crippen molar-refractivity contribution in [1.82, 2.24) is 0 Å². The van der Waals surface area contributed by atoms with Crippen LogP contribution in [-0.4, -0.2) is 135 Å². The Kier molecular flexibility index (Phi) is 20.1. The van der Waals surface area contributed by atoms with Gasteiger partial charge in [0.2, 0.25) is 0 Å². The molecule has 0 bridgehead atoms. The molecule has 11 heteroatoms. The van der Waals surface area contributed by atoms with E-state index < -0.39 is 64.6 Å². The smallest absolute Gasteiger partial charge is 0 e. The summed E-state index contributed by atoms with van der Waals surface area (Å²) in [6.45, 7) is 63.8. The summed E-state index contributed by atoms with van der Waals surface area (Å²) in [7, 11) is -7.65. The molecule has 0 amide bonds. The van der Waals surface area contributed by atoms with Crippen molar-refractivity contribution in [3.8, 4) is 0 Å². The van der Waals surface area contributed by atoms with Gasteiger partial charge < -0.3 is 0 Å². The van der Waals surface area contributed by atoms with E-state index in [9.17, 15) is 0 Å². The fourth-order valence-electron chi connectivity index (χ4n) is 7.28. The van der Waals surface area contributed by atoms with Gasteiger partial charge in [0.25, 0.3) is 0 Å². The second-order valence-electron chi connectivity index (χ2n) is 20.8. The molecule has 39 heavy (non-hydrogen) atoms.